The van der Waals surface area contributed by atoms with Crippen LogP contribution in [0.5, 0.6) is 0 Å². The highest BCUT2D eigenvalue weighted by atomic mass is 32.1. The van der Waals surface area contributed by atoms with Gasteiger partial charge in [0.15, 0.2) is 0 Å². The molecule has 0 aliphatic rings. The van der Waals surface area contributed by atoms with Crippen LogP contribution in [0.25, 0.3) is 10.8 Å². The van der Waals surface area contributed by atoms with Gasteiger partial charge in [-0.2, -0.15) is 0 Å². The third kappa shape index (κ3) is 1.91. The molecule has 0 aliphatic carbocycles. The molecule has 0 saturated carbocycles. The molecule has 2 aromatic rings. The quantitative estimate of drug-likeness (QED) is 0.861. The van der Waals surface area contributed by atoms with Gasteiger partial charge in [0.25, 0.3) is 5.89 Å². The molecule has 15 heavy (non-hydrogen) atoms. The molecule has 0 fully saturated rings. The molecule has 1 atom stereocenters. The fraction of sp³-hybridized carbons (Fsp3) is 0.444. The summed E-state index contributed by atoms with van der Waals surface area (Å²) >= 11 is 1.51. The van der Waals surface area contributed by atoms with Crippen LogP contribution in [0.4, 0.5) is 0 Å². The first kappa shape index (κ1) is 10.3. The van der Waals surface area contributed by atoms with Gasteiger partial charge in [0.2, 0.25) is 5.89 Å². The zero-order valence-corrected chi connectivity index (χ0v) is 9.63. The number of aromatic nitrogens is 3. The van der Waals surface area contributed by atoms with E-state index in [1.165, 1.54) is 11.3 Å². The summed E-state index contributed by atoms with van der Waals surface area (Å²) in [4.78, 5) is 5.08. The first-order chi connectivity index (χ1) is 7.22. The SMILES string of the molecule is CNC(C)c1nnc(-c2scnc2C)o1. The first-order valence-electron chi connectivity index (χ1n) is 4.63. The van der Waals surface area contributed by atoms with E-state index in [0.717, 1.165) is 10.6 Å². The summed E-state index contributed by atoms with van der Waals surface area (Å²) in [5, 5.41) is 11.0. The highest BCUT2D eigenvalue weighted by Gasteiger charge is 2.15. The van der Waals surface area contributed by atoms with Crippen molar-refractivity contribution in [3.05, 3.63) is 17.1 Å². The second-order valence-corrected chi connectivity index (χ2v) is 4.08. The molecule has 0 spiro atoms. The lowest BCUT2D eigenvalue weighted by Gasteiger charge is -2.01. The van der Waals surface area contributed by atoms with Crippen molar-refractivity contribution in [2.75, 3.05) is 7.05 Å². The van der Waals surface area contributed by atoms with Crippen LogP contribution >= 0.6 is 11.3 Å². The molecular formula is C9H12N4OS. The monoisotopic (exact) mass is 224 g/mol. The van der Waals surface area contributed by atoms with Crippen molar-refractivity contribution in [2.24, 2.45) is 0 Å². The fourth-order valence-electron chi connectivity index (χ4n) is 1.13. The Morgan fingerprint density at radius 2 is 2.27 bits per heavy atom. The van der Waals surface area contributed by atoms with Gasteiger partial charge in [-0.15, -0.1) is 21.5 Å². The summed E-state index contributed by atoms with van der Waals surface area (Å²) in [5.41, 5.74) is 2.70. The predicted octanol–water partition coefficient (Wildman–Crippen LogP) is 1.78. The molecule has 1 N–H and O–H groups in total. The molecule has 0 bridgehead atoms. The molecule has 5 nitrogen and oxygen atoms in total. The van der Waals surface area contributed by atoms with Gasteiger partial charge in [-0.3, -0.25) is 0 Å². The molecule has 80 valence electrons. The Labute approximate surface area is 91.6 Å². The van der Waals surface area contributed by atoms with Crippen LogP contribution in [-0.4, -0.2) is 22.2 Å². The standard InChI is InChI=1S/C9H12N4OS/c1-5-7(15-4-11-5)9-13-12-8(14-9)6(2)10-3/h4,6,10H,1-3H3. The van der Waals surface area contributed by atoms with Crippen LogP contribution in [0.2, 0.25) is 0 Å². The zero-order chi connectivity index (χ0) is 10.8. The summed E-state index contributed by atoms with van der Waals surface area (Å²) in [6.45, 7) is 3.90. The van der Waals surface area contributed by atoms with Gasteiger partial charge in [-0.1, -0.05) is 0 Å². The van der Waals surface area contributed by atoms with Crippen molar-refractivity contribution in [2.45, 2.75) is 19.9 Å². The summed E-state index contributed by atoms with van der Waals surface area (Å²) in [5.74, 6) is 1.15. The van der Waals surface area contributed by atoms with Crippen LogP contribution in [0.15, 0.2) is 9.93 Å². The molecule has 6 heteroatoms. The summed E-state index contributed by atoms with van der Waals surface area (Å²) < 4.78 is 5.55. The molecule has 0 saturated heterocycles. The van der Waals surface area contributed by atoms with Crippen molar-refractivity contribution < 1.29 is 4.42 Å². The number of hydrogen-bond acceptors (Lipinski definition) is 6. The number of hydrogen-bond donors (Lipinski definition) is 1. The molecule has 2 rings (SSSR count). The third-order valence-corrected chi connectivity index (χ3v) is 3.10. The fourth-order valence-corrected chi connectivity index (χ4v) is 1.85. The maximum absolute atomic E-state index is 5.55. The highest BCUT2D eigenvalue weighted by molar-refractivity contribution is 7.13. The molecule has 0 radical (unpaired) electrons. The third-order valence-electron chi connectivity index (χ3n) is 2.18. The van der Waals surface area contributed by atoms with Gasteiger partial charge in [0.1, 0.15) is 4.88 Å². The Hall–Kier alpha value is -1.27. The maximum atomic E-state index is 5.55. The molecule has 0 aromatic carbocycles. The van der Waals surface area contributed by atoms with Gasteiger partial charge in [0.05, 0.1) is 17.2 Å². The number of rotatable bonds is 3. The summed E-state index contributed by atoms with van der Waals surface area (Å²) in [6.07, 6.45) is 0. The molecule has 0 aliphatic heterocycles. The molecule has 1 unspecified atom stereocenters. The van der Waals surface area contributed by atoms with E-state index in [1.807, 2.05) is 20.9 Å². The van der Waals surface area contributed by atoms with Crippen molar-refractivity contribution in [1.29, 1.82) is 0 Å². The van der Waals surface area contributed by atoms with Crippen LogP contribution in [-0.2, 0) is 0 Å². The van der Waals surface area contributed by atoms with E-state index in [-0.39, 0.29) is 6.04 Å². The minimum Gasteiger partial charge on any atom is -0.418 e. The van der Waals surface area contributed by atoms with Crippen molar-refractivity contribution in [1.82, 2.24) is 20.5 Å². The smallest absolute Gasteiger partial charge is 0.259 e. The Kier molecular flexibility index (Phi) is 2.79. The van der Waals surface area contributed by atoms with E-state index < -0.39 is 0 Å². The Balaban J connectivity index is 2.32. The molecular weight excluding hydrogens is 212 g/mol. The summed E-state index contributed by atoms with van der Waals surface area (Å²) in [6, 6.07) is 0.0690. The van der Waals surface area contributed by atoms with Gasteiger partial charge in [0, 0.05) is 0 Å². The minimum atomic E-state index is 0.0690. The Bertz CT molecular complexity index is 450. The number of nitrogens with zero attached hydrogens (tertiary/aromatic N) is 3. The lowest BCUT2D eigenvalue weighted by molar-refractivity contribution is 0.441. The Morgan fingerprint density at radius 3 is 2.87 bits per heavy atom. The maximum Gasteiger partial charge on any atom is 0.259 e. The van der Waals surface area contributed by atoms with E-state index >= 15 is 0 Å². The van der Waals surface area contributed by atoms with E-state index in [2.05, 4.69) is 20.5 Å². The average Bonchev–Trinajstić information content (AvgIpc) is 2.84. The molecule has 2 heterocycles. The van der Waals surface area contributed by atoms with Gasteiger partial charge < -0.3 is 9.73 Å². The van der Waals surface area contributed by atoms with Gasteiger partial charge in [-0.05, 0) is 20.9 Å². The van der Waals surface area contributed by atoms with Gasteiger partial charge in [-0.25, -0.2) is 4.98 Å². The normalized spacial score (nSPS) is 13.0. The van der Waals surface area contributed by atoms with Gasteiger partial charge >= 0.3 is 0 Å². The topological polar surface area (TPSA) is 63.8 Å². The van der Waals surface area contributed by atoms with Crippen LogP contribution in [0.3, 0.4) is 0 Å². The lowest BCUT2D eigenvalue weighted by atomic mass is 10.3. The zero-order valence-electron chi connectivity index (χ0n) is 8.81. The summed E-state index contributed by atoms with van der Waals surface area (Å²) in [7, 11) is 1.85. The second-order valence-electron chi connectivity index (χ2n) is 3.22. The molecule has 2 aromatic heterocycles. The highest BCUT2D eigenvalue weighted by Crippen LogP contribution is 2.26. The Morgan fingerprint density at radius 1 is 1.47 bits per heavy atom. The van der Waals surface area contributed by atoms with E-state index in [9.17, 15) is 0 Å². The number of nitrogens with one attached hydrogen (secondary N) is 1. The lowest BCUT2D eigenvalue weighted by Crippen LogP contribution is -2.12. The van der Waals surface area contributed by atoms with Crippen LogP contribution in [0, 0.1) is 6.92 Å². The van der Waals surface area contributed by atoms with Crippen molar-refractivity contribution in [3.8, 4) is 10.8 Å². The predicted molar refractivity (Wildman–Crippen MR) is 57.6 cm³/mol. The van der Waals surface area contributed by atoms with E-state index in [1.54, 1.807) is 5.51 Å². The second kappa shape index (κ2) is 4.08. The number of aryl methyl sites for hydroxylation is 1. The molecule has 0 amide bonds. The van der Waals surface area contributed by atoms with Crippen molar-refractivity contribution >= 4 is 11.3 Å². The van der Waals surface area contributed by atoms with Crippen molar-refractivity contribution in [3.63, 3.8) is 0 Å². The van der Waals surface area contributed by atoms with E-state index in [4.69, 9.17) is 4.42 Å². The average molecular weight is 224 g/mol. The minimum absolute atomic E-state index is 0.0690. The van der Waals surface area contributed by atoms with Crippen LogP contribution < -0.4 is 5.32 Å². The first-order valence-corrected chi connectivity index (χ1v) is 5.51. The number of thiazole rings is 1. The van der Waals surface area contributed by atoms with Crippen LogP contribution in [0.1, 0.15) is 24.6 Å². The van der Waals surface area contributed by atoms with E-state index in [0.29, 0.717) is 11.8 Å². The largest absolute Gasteiger partial charge is 0.418 e.